The van der Waals surface area contributed by atoms with Crippen LogP contribution in [0.2, 0.25) is 0 Å². The number of nitrogens with zero attached hydrogens (tertiary/aromatic N) is 1. The molecule has 0 atom stereocenters. The predicted molar refractivity (Wildman–Crippen MR) is 130 cm³/mol. The van der Waals surface area contributed by atoms with E-state index in [1.165, 1.54) is 0 Å². The first-order chi connectivity index (χ1) is 14.9. The van der Waals surface area contributed by atoms with Gasteiger partial charge in [0.25, 0.3) is 11.8 Å². The van der Waals surface area contributed by atoms with Crippen molar-refractivity contribution in [3.05, 3.63) is 63.0 Å². The van der Waals surface area contributed by atoms with Crippen molar-refractivity contribution in [2.24, 2.45) is 0 Å². The lowest BCUT2D eigenvalue weighted by Crippen LogP contribution is -2.44. The van der Waals surface area contributed by atoms with E-state index in [9.17, 15) is 9.59 Å². The Balaban J connectivity index is 1.79. The fourth-order valence-electron chi connectivity index (χ4n) is 2.75. The zero-order chi connectivity index (χ0) is 22.4. The second-order valence-corrected chi connectivity index (χ2v) is 9.09. The molecule has 0 radical (unpaired) electrons. The van der Waals surface area contributed by atoms with Crippen LogP contribution >= 0.6 is 39.9 Å². The third-order valence-electron chi connectivity index (χ3n) is 4.34. The van der Waals surface area contributed by atoms with Crippen LogP contribution in [0.1, 0.15) is 35.7 Å². The normalized spacial score (nSPS) is 14.8. The number of methoxy groups -OCH3 is 1. The summed E-state index contributed by atoms with van der Waals surface area (Å²) in [4.78, 5) is 25.6. The van der Waals surface area contributed by atoms with Crippen LogP contribution < -0.4 is 14.9 Å². The number of hydrogen-bond donors (Lipinski definition) is 1. The highest BCUT2D eigenvalue weighted by molar-refractivity contribution is 9.10. The van der Waals surface area contributed by atoms with E-state index in [0.29, 0.717) is 28.6 Å². The van der Waals surface area contributed by atoms with Crippen molar-refractivity contribution < 1.29 is 19.1 Å². The number of amides is 2. The number of thiocarbonyl (C=S) groups is 1. The third kappa shape index (κ3) is 5.66. The smallest absolute Gasteiger partial charge is 0.285 e. The lowest BCUT2D eigenvalue weighted by molar-refractivity contribution is -0.123. The quantitative estimate of drug-likeness (QED) is 0.293. The average molecular weight is 521 g/mol. The van der Waals surface area contributed by atoms with Gasteiger partial charge in [0.15, 0.2) is 15.8 Å². The van der Waals surface area contributed by atoms with Crippen LogP contribution in [-0.2, 0) is 4.79 Å². The van der Waals surface area contributed by atoms with Crippen LogP contribution in [0.3, 0.4) is 0 Å². The van der Waals surface area contributed by atoms with Gasteiger partial charge in [-0.2, -0.15) is 5.01 Å². The number of nitrogens with one attached hydrogen (secondary N) is 1. The monoisotopic (exact) mass is 520 g/mol. The highest BCUT2D eigenvalue weighted by Crippen LogP contribution is 2.39. The summed E-state index contributed by atoms with van der Waals surface area (Å²) in [5.74, 6) is 0.383. The number of hydrogen-bond acceptors (Lipinski definition) is 6. The molecule has 3 rings (SSSR count). The van der Waals surface area contributed by atoms with Crippen molar-refractivity contribution in [3.63, 3.8) is 0 Å². The number of unbranched alkanes of at least 4 members (excludes halogenated alkanes) is 1. The summed E-state index contributed by atoms with van der Waals surface area (Å²) in [6.07, 6.45) is 3.67. The Hall–Kier alpha value is -2.36. The summed E-state index contributed by atoms with van der Waals surface area (Å²) in [5.41, 5.74) is 3.75. The van der Waals surface area contributed by atoms with E-state index in [1.807, 2.05) is 12.1 Å². The van der Waals surface area contributed by atoms with Crippen molar-refractivity contribution in [2.45, 2.75) is 19.8 Å². The highest BCUT2D eigenvalue weighted by Gasteiger charge is 2.34. The van der Waals surface area contributed by atoms with Gasteiger partial charge in [-0.3, -0.25) is 15.0 Å². The van der Waals surface area contributed by atoms with Crippen LogP contribution in [0.5, 0.6) is 11.5 Å². The summed E-state index contributed by atoms with van der Waals surface area (Å²) in [7, 11) is 1.57. The van der Waals surface area contributed by atoms with Gasteiger partial charge in [-0.25, -0.2) is 0 Å². The zero-order valence-corrected chi connectivity index (χ0v) is 20.2. The van der Waals surface area contributed by atoms with E-state index in [2.05, 4.69) is 28.3 Å². The maximum atomic E-state index is 12.8. The van der Waals surface area contributed by atoms with E-state index < -0.39 is 11.8 Å². The largest absolute Gasteiger partial charge is 0.493 e. The second kappa shape index (κ2) is 10.8. The van der Waals surface area contributed by atoms with E-state index in [1.54, 1.807) is 43.5 Å². The molecule has 2 aromatic carbocycles. The molecule has 2 amide bonds. The first-order valence-electron chi connectivity index (χ1n) is 9.59. The Labute approximate surface area is 199 Å². The molecule has 0 aromatic heterocycles. The summed E-state index contributed by atoms with van der Waals surface area (Å²) in [5, 5.41) is 1.09. The topological polar surface area (TPSA) is 67.9 Å². The molecule has 0 bridgehead atoms. The van der Waals surface area contributed by atoms with E-state index >= 15 is 0 Å². The number of carbonyl (C=O) groups excluding carboxylic acids is 2. The lowest BCUT2D eigenvalue weighted by Gasteiger charge is -2.15. The second-order valence-electron chi connectivity index (χ2n) is 6.56. The molecule has 1 N–H and O–H groups in total. The van der Waals surface area contributed by atoms with Gasteiger partial charge in [-0.15, -0.1) is 0 Å². The van der Waals surface area contributed by atoms with Crippen molar-refractivity contribution in [3.8, 4) is 11.5 Å². The summed E-state index contributed by atoms with van der Waals surface area (Å²) in [6.45, 7) is 2.68. The van der Waals surface area contributed by atoms with Crippen LogP contribution in [0.25, 0.3) is 6.08 Å². The molecule has 31 heavy (non-hydrogen) atoms. The molecule has 2 aromatic rings. The van der Waals surface area contributed by atoms with Gasteiger partial charge in [0.05, 0.1) is 23.1 Å². The maximum Gasteiger partial charge on any atom is 0.285 e. The Kier molecular flexibility index (Phi) is 8.11. The number of carbonyl (C=O) groups is 2. The Morgan fingerprint density at radius 3 is 2.71 bits per heavy atom. The van der Waals surface area contributed by atoms with Gasteiger partial charge in [0.1, 0.15) is 0 Å². The summed E-state index contributed by atoms with van der Waals surface area (Å²) in [6, 6.07) is 12.3. The summed E-state index contributed by atoms with van der Waals surface area (Å²) >= 11 is 9.93. The number of benzene rings is 2. The fraction of sp³-hybridized carbons (Fsp3) is 0.227. The van der Waals surface area contributed by atoms with Crippen molar-refractivity contribution in [1.82, 2.24) is 10.4 Å². The molecule has 6 nitrogen and oxygen atoms in total. The highest BCUT2D eigenvalue weighted by atomic mass is 79.9. The number of rotatable bonds is 8. The molecule has 0 spiro atoms. The van der Waals surface area contributed by atoms with E-state index in [4.69, 9.17) is 21.7 Å². The lowest BCUT2D eigenvalue weighted by atomic mass is 10.2. The molecular weight excluding hydrogens is 500 g/mol. The molecule has 162 valence electrons. The SMILES string of the molecule is CCCCOc1c(Br)cc(/C=C2\SC(=S)N(NC(=O)c3ccccc3)C2=O)cc1OC. The minimum Gasteiger partial charge on any atom is -0.493 e. The third-order valence-corrected chi connectivity index (χ3v) is 6.23. The van der Waals surface area contributed by atoms with Crippen LogP contribution in [-0.4, -0.2) is 34.9 Å². The van der Waals surface area contributed by atoms with Gasteiger partial charge in [-0.1, -0.05) is 43.3 Å². The van der Waals surface area contributed by atoms with Crippen molar-refractivity contribution in [1.29, 1.82) is 0 Å². The van der Waals surface area contributed by atoms with Gasteiger partial charge in [-0.05, 0) is 70.5 Å². The first-order valence-corrected chi connectivity index (χ1v) is 11.6. The van der Waals surface area contributed by atoms with Crippen LogP contribution in [0, 0.1) is 0 Å². The number of hydrazine groups is 1. The molecule has 9 heteroatoms. The zero-order valence-electron chi connectivity index (χ0n) is 17.0. The molecular formula is C22H21BrN2O4S2. The Morgan fingerprint density at radius 1 is 1.29 bits per heavy atom. The number of halogens is 1. The number of ether oxygens (including phenoxy) is 2. The number of thioether (sulfide) groups is 1. The van der Waals surface area contributed by atoms with Gasteiger partial charge in [0.2, 0.25) is 0 Å². The van der Waals surface area contributed by atoms with Crippen molar-refractivity contribution in [2.75, 3.05) is 13.7 Å². The molecule has 1 aliphatic heterocycles. The minimum atomic E-state index is -0.406. The standard InChI is InChI=1S/C22H21BrN2O4S2/c1-3-4-10-29-19-16(23)11-14(12-17(19)28-2)13-18-21(27)25(22(30)31-18)24-20(26)15-8-6-5-7-9-15/h5-9,11-13H,3-4,10H2,1-2H3,(H,24,26)/b18-13-. The summed E-state index contributed by atoms with van der Waals surface area (Å²) < 4.78 is 12.3. The Bertz CT molecular complexity index is 1030. The Morgan fingerprint density at radius 2 is 2.03 bits per heavy atom. The molecule has 1 fully saturated rings. The fourth-order valence-corrected chi connectivity index (χ4v) is 4.51. The molecule has 1 saturated heterocycles. The molecule has 0 saturated carbocycles. The predicted octanol–water partition coefficient (Wildman–Crippen LogP) is 5.18. The average Bonchev–Trinajstić information content (AvgIpc) is 3.02. The molecule has 0 unspecified atom stereocenters. The first kappa shape index (κ1) is 23.3. The van der Waals surface area contributed by atoms with E-state index in [0.717, 1.165) is 39.6 Å². The molecule has 1 aliphatic rings. The minimum absolute atomic E-state index is 0.256. The van der Waals surface area contributed by atoms with Crippen LogP contribution in [0.15, 0.2) is 51.8 Å². The van der Waals surface area contributed by atoms with Gasteiger partial charge in [0, 0.05) is 5.56 Å². The molecule has 0 aliphatic carbocycles. The van der Waals surface area contributed by atoms with Gasteiger partial charge >= 0.3 is 0 Å². The molecule has 1 heterocycles. The van der Waals surface area contributed by atoms with Crippen LogP contribution in [0.4, 0.5) is 0 Å². The maximum absolute atomic E-state index is 12.8. The van der Waals surface area contributed by atoms with E-state index in [-0.39, 0.29) is 4.32 Å². The van der Waals surface area contributed by atoms with Crippen molar-refractivity contribution >= 4 is 62.1 Å². The van der Waals surface area contributed by atoms with Gasteiger partial charge < -0.3 is 9.47 Å².